The molecule has 1 fully saturated rings. The number of carbonyl (C=O) groups excluding carboxylic acids is 1. The third kappa shape index (κ3) is 3.26. The van der Waals surface area contributed by atoms with Gasteiger partial charge in [-0.05, 0) is 23.8 Å². The Morgan fingerprint density at radius 2 is 2.08 bits per heavy atom. The van der Waals surface area contributed by atoms with Crippen molar-refractivity contribution < 1.29 is 9.53 Å². The molecule has 0 saturated carbocycles. The molecule has 2 aromatic rings. The summed E-state index contributed by atoms with van der Waals surface area (Å²) >= 11 is 6.05. The molecule has 1 aromatic heterocycles. The van der Waals surface area contributed by atoms with Gasteiger partial charge in [-0.3, -0.25) is 4.79 Å². The van der Waals surface area contributed by atoms with Crippen molar-refractivity contribution in [1.29, 1.82) is 0 Å². The quantitative estimate of drug-likeness (QED) is 0.885. The molecule has 1 aromatic carbocycles. The Morgan fingerprint density at radius 1 is 1.27 bits per heavy atom. The van der Waals surface area contributed by atoms with Crippen molar-refractivity contribution in [3.05, 3.63) is 41.0 Å². The summed E-state index contributed by atoms with van der Waals surface area (Å²) in [5.41, 5.74) is 2.09. The number of rotatable bonds is 3. The van der Waals surface area contributed by atoms with Gasteiger partial charge >= 0.3 is 0 Å². The van der Waals surface area contributed by atoms with E-state index < -0.39 is 0 Å². The number of fused-ring (bicyclic) bond motifs is 1. The van der Waals surface area contributed by atoms with Crippen molar-refractivity contribution in [3.63, 3.8) is 0 Å². The van der Waals surface area contributed by atoms with E-state index in [0.717, 1.165) is 11.3 Å². The van der Waals surface area contributed by atoms with Crippen LogP contribution in [-0.4, -0.2) is 60.1 Å². The zero-order valence-electron chi connectivity index (χ0n) is 14.5. The van der Waals surface area contributed by atoms with Gasteiger partial charge in [0.2, 0.25) is 17.7 Å². The lowest BCUT2D eigenvalue weighted by atomic mass is 10.1. The molecule has 2 aliphatic rings. The molecule has 1 N–H and O–H groups in total. The van der Waals surface area contributed by atoms with E-state index in [9.17, 15) is 4.79 Å². The molecule has 0 unspecified atom stereocenters. The minimum Gasteiger partial charge on any atom is -0.481 e. The van der Waals surface area contributed by atoms with Crippen LogP contribution in [0.25, 0.3) is 0 Å². The van der Waals surface area contributed by atoms with Gasteiger partial charge in [-0.1, -0.05) is 11.6 Å². The van der Waals surface area contributed by atoms with E-state index in [1.807, 2.05) is 23.1 Å². The Kier molecular flexibility index (Phi) is 4.55. The van der Waals surface area contributed by atoms with Gasteiger partial charge in [0.25, 0.3) is 0 Å². The van der Waals surface area contributed by atoms with Gasteiger partial charge < -0.3 is 19.9 Å². The summed E-state index contributed by atoms with van der Waals surface area (Å²) in [6, 6.07) is 7.20. The number of hydrogen-bond acceptors (Lipinski definition) is 6. The molecule has 26 heavy (non-hydrogen) atoms. The van der Waals surface area contributed by atoms with Crippen LogP contribution in [-0.2, 0) is 11.2 Å². The number of nitrogens with zero attached hydrogens (tertiary/aromatic N) is 4. The lowest BCUT2D eigenvalue weighted by Gasteiger charge is -2.36. The molecule has 3 heterocycles. The Balaban J connectivity index is 1.37. The second-order valence-electron chi connectivity index (χ2n) is 6.41. The van der Waals surface area contributed by atoms with Gasteiger partial charge in [-0.25, -0.2) is 4.98 Å². The first-order valence-electron chi connectivity index (χ1n) is 8.60. The van der Waals surface area contributed by atoms with Gasteiger partial charge in [0, 0.05) is 55.6 Å². The van der Waals surface area contributed by atoms with Crippen LogP contribution >= 0.6 is 11.6 Å². The minimum absolute atomic E-state index is 0.128. The zero-order valence-corrected chi connectivity index (χ0v) is 15.2. The van der Waals surface area contributed by atoms with Crippen LogP contribution in [0.2, 0.25) is 5.02 Å². The predicted molar refractivity (Wildman–Crippen MR) is 99.9 cm³/mol. The lowest BCUT2D eigenvalue weighted by molar-refractivity contribution is -0.132. The molecule has 8 heteroatoms. The van der Waals surface area contributed by atoms with E-state index in [1.165, 1.54) is 0 Å². The average Bonchev–Trinajstić information content (AvgIpc) is 3.10. The number of piperazine rings is 1. The molecule has 2 aliphatic heterocycles. The number of hydrogen-bond donors (Lipinski definition) is 1. The monoisotopic (exact) mass is 373 g/mol. The fraction of sp³-hybridized carbons (Fsp3) is 0.389. The van der Waals surface area contributed by atoms with Crippen LogP contribution in [0, 0.1) is 0 Å². The molecule has 0 bridgehead atoms. The molecule has 1 amide bonds. The third-order valence-electron chi connectivity index (χ3n) is 4.82. The fourth-order valence-electron chi connectivity index (χ4n) is 3.43. The number of benzene rings is 1. The Labute approximate surface area is 156 Å². The summed E-state index contributed by atoms with van der Waals surface area (Å²) in [6.07, 6.45) is 2.36. The Bertz CT molecular complexity index is 823. The number of amides is 1. The topological polar surface area (TPSA) is 70.6 Å². The summed E-state index contributed by atoms with van der Waals surface area (Å²) in [6.45, 7) is 2.69. The van der Waals surface area contributed by atoms with E-state index >= 15 is 0 Å². The summed E-state index contributed by atoms with van der Waals surface area (Å²) in [7, 11) is 1.59. The predicted octanol–water partition coefficient (Wildman–Crippen LogP) is 1.82. The second kappa shape index (κ2) is 6.99. The van der Waals surface area contributed by atoms with E-state index in [-0.39, 0.29) is 11.9 Å². The first kappa shape index (κ1) is 16.9. The van der Waals surface area contributed by atoms with Gasteiger partial charge in [-0.2, -0.15) is 4.98 Å². The van der Waals surface area contributed by atoms with Gasteiger partial charge in [0.15, 0.2) is 0 Å². The maximum Gasteiger partial charge on any atom is 0.245 e. The molecular weight excluding hydrogens is 354 g/mol. The smallest absolute Gasteiger partial charge is 0.245 e. The third-order valence-corrected chi connectivity index (χ3v) is 5.05. The van der Waals surface area contributed by atoms with Crippen LogP contribution in [0.1, 0.15) is 5.56 Å². The number of halogens is 1. The largest absolute Gasteiger partial charge is 0.481 e. The number of ether oxygens (including phenoxy) is 1. The summed E-state index contributed by atoms with van der Waals surface area (Å²) in [4.78, 5) is 25.5. The lowest BCUT2D eigenvalue weighted by Crippen LogP contribution is -2.52. The van der Waals surface area contributed by atoms with Crippen LogP contribution < -0.4 is 15.0 Å². The highest BCUT2D eigenvalue weighted by atomic mass is 35.5. The maximum absolute atomic E-state index is 12.9. The molecule has 0 aliphatic carbocycles. The molecule has 1 saturated heterocycles. The van der Waals surface area contributed by atoms with Crippen LogP contribution in [0.5, 0.6) is 5.88 Å². The van der Waals surface area contributed by atoms with E-state index in [1.54, 1.807) is 19.4 Å². The number of nitrogens with one attached hydrogen (secondary N) is 1. The zero-order chi connectivity index (χ0) is 18.1. The van der Waals surface area contributed by atoms with Gasteiger partial charge in [0.05, 0.1) is 7.11 Å². The van der Waals surface area contributed by atoms with Crippen molar-refractivity contribution in [2.45, 2.75) is 12.5 Å². The van der Waals surface area contributed by atoms with Crippen molar-refractivity contribution in [2.24, 2.45) is 0 Å². The average molecular weight is 374 g/mol. The molecule has 136 valence electrons. The van der Waals surface area contributed by atoms with E-state index in [2.05, 4.69) is 20.2 Å². The summed E-state index contributed by atoms with van der Waals surface area (Å²) < 4.78 is 5.15. The van der Waals surface area contributed by atoms with Crippen LogP contribution in [0.15, 0.2) is 30.5 Å². The molecule has 4 rings (SSSR count). The fourth-order valence-corrected chi connectivity index (χ4v) is 3.62. The number of anilines is 2. The first-order valence-corrected chi connectivity index (χ1v) is 8.97. The molecule has 0 radical (unpaired) electrons. The minimum atomic E-state index is -0.219. The van der Waals surface area contributed by atoms with Crippen LogP contribution in [0.3, 0.4) is 0 Å². The standard InChI is InChI=1S/C18H20ClN5O2/c1-26-16-4-5-20-18(22-16)24-8-6-23(7-9-24)17(25)15-11-12-10-13(19)2-3-14(12)21-15/h2-5,10,15,21H,6-9,11H2,1H3/t15-/m0/s1. The van der Waals surface area contributed by atoms with E-state index in [4.69, 9.17) is 16.3 Å². The van der Waals surface area contributed by atoms with Crippen molar-refractivity contribution in [1.82, 2.24) is 14.9 Å². The van der Waals surface area contributed by atoms with Gasteiger partial charge in [-0.15, -0.1) is 0 Å². The first-order chi connectivity index (χ1) is 12.6. The highest BCUT2D eigenvalue weighted by Gasteiger charge is 2.32. The van der Waals surface area contributed by atoms with E-state index in [0.29, 0.717) is 49.5 Å². The molecule has 7 nitrogen and oxygen atoms in total. The molecule has 1 atom stereocenters. The van der Waals surface area contributed by atoms with Gasteiger partial charge in [0.1, 0.15) is 6.04 Å². The highest BCUT2D eigenvalue weighted by Crippen LogP contribution is 2.29. The Morgan fingerprint density at radius 3 is 2.85 bits per heavy atom. The summed E-state index contributed by atoms with van der Waals surface area (Å²) in [5.74, 6) is 1.31. The second-order valence-corrected chi connectivity index (χ2v) is 6.85. The SMILES string of the molecule is COc1ccnc(N2CCN(C(=O)[C@@H]3Cc4cc(Cl)ccc4N3)CC2)n1. The number of aromatic nitrogens is 2. The number of methoxy groups -OCH3 is 1. The highest BCUT2D eigenvalue weighted by molar-refractivity contribution is 6.30. The Hall–Kier alpha value is -2.54. The normalized spacial score (nSPS) is 19.1. The summed E-state index contributed by atoms with van der Waals surface area (Å²) in [5, 5.41) is 4.01. The number of carbonyl (C=O) groups is 1. The van der Waals surface area contributed by atoms with Crippen molar-refractivity contribution in [2.75, 3.05) is 43.5 Å². The van der Waals surface area contributed by atoms with Crippen molar-refractivity contribution in [3.8, 4) is 5.88 Å². The van der Waals surface area contributed by atoms with Crippen molar-refractivity contribution >= 4 is 29.1 Å². The maximum atomic E-state index is 12.9. The van der Waals surface area contributed by atoms with Crippen LogP contribution in [0.4, 0.5) is 11.6 Å². The molecule has 0 spiro atoms. The molecular formula is C18H20ClN5O2.